The number of aromatic hydroxyl groups is 1. The molecule has 5 heteroatoms. The highest BCUT2D eigenvalue weighted by Gasteiger charge is 2.26. The molecule has 1 aliphatic heterocycles. The van der Waals surface area contributed by atoms with Crippen LogP contribution in [0.3, 0.4) is 0 Å². The van der Waals surface area contributed by atoms with Gasteiger partial charge in [-0.25, -0.2) is 0 Å². The second-order valence-corrected chi connectivity index (χ2v) is 4.72. The maximum Gasteiger partial charge on any atom is 0.242 e. The van der Waals surface area contributed by atoms with Gasteiger partial charge < -0.3 is 15.7 Å². The van der Waals surface area contributed by atoms with Gasteiger partial charge in [0.15, 0.2) is 0 Å². The molecule has 1 unspecified atom stereocenters. The molecular formula is C14H18N2O3. The summed E-state index contributed by atoms with van der Waals surface area (Å²) in [6.45, 7) is 0.570. The maximum absolute atomic E-state index is 11.7. The Kier molecular flexibility index (Phi) is 4.39. The first kappa shape index (κ1) is 13.4. The summed E-state index contributed by atoms with van der Waals surface area (Å²) in [5, 5.41) is 14.8. The minimum Gasteiger partial charge on any atom is -0.508 e. The Labute approximate surface area is 112 Å². The number of carbonyl (C=O) groups excluding carboxylic acids is 2. The number of phenols is 1. The lowest BCUT2D eigenvalue weighted by atomic mass is 10.1. The minimum absolute atomic E-state index is 0.0556. The summed E-state index contributed by atoms with van der Waals surface area (Å²) < 4.78 is 0. The molecule has 1 aromatic rings. The summed E-state index contributed by atoms with van der Waals surface area (Å²) in [4.78, 5) is 22.7. The van der Waals surface area contributed by atoms with E-state index in [0.29, 0.717) is 19.4 Å². The number of rotatable bonds is 5. The average molecular weight is 262 g/mol. The fourth-order valence-electron chi connectivity index (χ4n) is 2.15. The summed E-state index contributed by atoms with van der Waals surface area (Å²) >= 11 is 0. The van der Waals surface area contributed by atoms with E-state index in [0.717, 1.165) is 18.4 Å². The average Bonchev–Trinajstić information content (AvgIpc) is 2.81. The van der Waals surface area contributed by atoms with Gasteiger partial charge in [0, 0.05) is 13.0 Å². The number of amides is 2. The van der Waals surface area contributed by atoms with Crippen LogP contribution >= 0.6 is 0 Å². The van der Waals surface area contributed by atoms with E-state index in [1.807, 2.05) is 6.07 Å². The van der Waals surface area contributed by atoms with Gasteiger partial charge in [-0.15, -0.1) is 0 Å². The van der Waals surface area contributed by atoms with Gasteiger partial charge in [0.1, 0.15) is 11.8 Å². The zero-order valence-electron chi connectivity index (χ0n) is 10.7. The Bertz CT molecular complexity index is 474. The molecule has 0 aromatic heterocycles. The number of hydrogen-bond donors (Lipinski definition) is 3. The van der Waals surface area contributed by atoms with Gasteiger partial charge in [-0.3, -0.25) is 9.59 Å². The van der Waals surface area contributed by atoms with Gasteiger partial charge in [-0.2, -0.15) is 0 Å². The fraction of sp³-hybridized carbons (Fsp3) is 0.429. The zero-order valence-corrected chi connectivity index (χ0v) is 10.7. The molecule has 2 amide bonds. The SMILES string of the molecule is O=C1CCC(C(=O)NCCCc2cccc(O)c2)N1. The van der Waals surface area contributed by atoms with E-state index >= 15 is 0 Å². The van der Waals surface area contributed by atoms with Crippen LogP contribution in [0.2, 0.25) is 0 Å². The van der Waals surface area contributed by atoms with Crippen molar-refractivity contribution in [2.75, 3.05) is 6.54 Å². The molecule has 0 radical (unpaired) electrons. The molecule has 1 heterocycles. The second-order valence-electron chi connectivity index (χ2n) is 4.72. The van der Waals surface area contributed by atoms with Crippen LogP contribution in [0.1, 0.15) is 24.8 Å². The first-order valence-electron chi connectivity index (χ1n) is 6.50. The molecule has 0 bridgehead atoms. The molecule has 5 nitrogen and oxygen atoms in total. The number of aryl methyl sites for hydroxylation is 1. The highest BCUT2D eigenvalue weighted by atomic mass is 16.3. The lowest BCUT2D eigenvalue weighted by Crippen LogP contribution is -2.41. The van der Waals surface area contributed by atoms with Gasteiger partial charge in [0.2, 0.25) is 11.8 Å². The van der Waals surface area contributed by atoms with Gasteiger partial charge in [-0.1, -0.05) is 12.1 Å². The van der Waals surface area contributed by atoms with E-state index in [4.69, 9.17) is 0 Å². The second kappa shape index (κ2) is 6.22. The van der Waals surface area contributed by atoms with Crippen molar-refractivity contribution in [3.05, 3.63) is 29.8 Å². The molecule has 1 aliphatic rings. The monoisotopic (exact) mass is 262 g/mol. The summed E-state index contributed by atoms with van der Waals surface area (Å²) in [6.07, 6.45) is 2.61. The Morgan fingerprint density at radius 3 is 3.00 bits per heavy atom. The molecule has 2 rings (SSSR count). The van der Waals surface area contributed by atoms with Gasteiger partial charge in [0.25, 0.3) is 0 Å². The quantitative estimate of drug-likeness (QED) is 0.684. The van der Waals surface area contributed by atoms with Gasteiger partial charge in [-0.05, 0) is 37.0 Å². The molecule has 1 aromatic carbocycles. The zero-order chi connectivity index (χ0) is 13.7. The highest BCUT2D eigenvalue weighted by Crippen LogP contribution is 2.12. The number of carbonyl (C=O) groups is 2. The summed E-state index contributed by atoms with van der Waals surface area (Å²) in [5.41, 5.74) is 1.04. The van der Waals surface area contributed by atoms with Crippen LogP contribution in [-0.2, 0) is 16.0 Å². The highest BCUT2D eigenvalue weighted by molar-refractivity contribution is 5.90. The Balaban J connectivity index is 1.66. The van der Waals surface area contributed by atoms with Crippen LogP contribution in [0.5, 0.6) is 5.75 Å². The summed E-state index contributed by atoms with van der Waals surface area (Å²) in [7, 11) is 0. The number of benzene rings is 1. The van der Waals surface area contributed by atoms with E-state index in [1.54, 1.807) is 18.2 Å². The normalized spacial score (nSPS) is 18.1. The third-order valence-corrected chi connectivity index (χ3v) is 3.16. The van der Waals surface area contributed by atoms with Gasteiger partial charge in [0.05, 0.1) is 0 Å². The lowest BCUT2D eigenvalue weighted by Gasteiger charge is -2.10. The number of hydrogen-bond acceptors (Lipinski definition) is 3. The van der Waals surface area contributed by atoms with Crippen LogP contribution in [-0.4, -0.2) is 29.5 Å². The summed E-state index contributed by atoms with van der Waals surface area (Å²) in [5.74, 6) is 0.0943. The molecule has 1 atom stereocenters. The van der Waals surface area contributed by atoms with Crippen LogP contribution in [0.4, 0.5) is 0 Å². The van der Waals surface area contributed by atoms with Crippen LogP contribution in [0.25, 0.3) is 0 Å². The van der Waals surface area contributed by atoms with Crippen molar-refractivity contribution < 1.29 is 14.7 Å². The number of nitrogens with one attached hydrogen (secondary N) is 2. The first-order chi connectivity index (χ1) is 9.15. The van der Waals surface area contributed by atoms with Crippen molar-refractivity contribution in [2.24, 2.45) is 0 Å². The van der Waals surface area contributed by atoms with Crippen molar-refractivity contribution in [1.82, 2.24) is 10.6 Å². The predicted octanol–water partition coefficient (Wildman–Crippen LogP) is 0.720. The maximum atomic E-state index is 11.7. The summed E-state index contributed by atoms with van der Waals surface area (Å²) in [6, 6.07) is 6.73. The fourth-order valence-corrected chi connectivity index (χ4v) is 2.15. The molecule has 19 heavy (non-hydrogen) atoms. The van der Waals surface area contributed by atoms with E-state index < -0.39 is 0 Å². The van der Waals surface area contributed by atoms with E-state index in [-0.39, 0.29) is 23.6 Å². The Morgan fingerprint density at radius 1 is 1.47 bits per heavy atom. The smallest absolute Gasteiger partial charge is 0.242 e. The Hall–Kier alpha value is -2.04. The third kappa shape index (κ3) is 3.98. The molecule has 102 valence electrons. The molecule has 0 saturated carbocycles. The standard InChI is InChI=1S/C14H18N2O3/c17-11-5-1-3-10(9-11)4-2-8-15-14(19)12-6-7-13(18)16-12/h1,3,5,9,12,17H,2,4,6-8H2,(H,15,19)(H,16,18). The lowest BCUT2D eigenvalue weighted by molar-refractivity contribution is -0.125. The number of phenolic OH excluding ortho intramolecular Hbond substituents is 1. The largest absolute Gasteiger partial charge is 0.508 e. The molecule has 0 spiro atoms. The van der Waals surface area contributed by atoms with Crippen molar-refractivity contribution in [3.8, 4) is 5.75 Å². The van der Waals surface area contributed by atoms with Crippen molar-refractivity contribution in [2.45, 2.75) is 31.7 Å². The van der Waals surface area contributed by atoms with E-state index in [1.165, 1.54) is 0 Å². The third-order valence-electron chi connectivity index (χ3n) is 3.16. The van der Waals surface area contributed by atoms with Crippen molar-refractivity contribution in [1.29, 1.82) is 0 Å². The topological polar surface area (TPSA) is 78.4 Å². The van der Waals surface area contributed by atoms with Crippen molar-refractivity contribution >= 4 is 11.8 Å². The molecule has 3 N–H and O–H groups in total. The molecule has 0 aliphatic carbocycles. The van der Waals surface area contributed by atoms with E-state index in [9.17, 15) is 14.7 Å². The predicted molar refractivity (Wildman–Crippen MR) is 70.6 cm³/mol. The van der Waals surface area contributed by atoms with Crippen molar-refractivity contribution in [3.63, 3.8) is 0 Å². The first-order valence-corrected chi connectivity index (χ1v) is 6.50. The molecule has 1 saturated heterocycles. The van der Waals surface area contributed by atoms with Crippen LogP contribution in [0, 0.1) is 0 Å². The Morgan fingerprint density at radius 2 is 2.32 bits per heavy atom. The minimum atomic E-state index is -0.367. The van der Waals surface area contributed by atoms with Crippen LogP contribution in [0.15, 0.2) is 24.3 Å². The van der Waals surface area contributed by atoms with E-state index in [2.05, 4.69) is 10.6 Å². The molecular weight excluding hydrogens is 244 g/mol. The van der Waals surface area contributed by atoms with Crippen LogP contribution < -0.4 is 10.6 Å². The van der Waals surface area contributed by atoms with Gasteiger partial charge >= 0.3 is 0 Å². The molecule has 1 fully saturated rings.